The van der Waals surface area contributed by atoms with Crippen molar-refractivity contribution in [3.63, 3.8) is 0 Å². The minimum atomic E-state index is 0.0764. The summed E-state index contributed by atoms with van der Waals surface area (Å²) in [6.07, 6.45) is 10.6. The number of amides is 1. The monoisotopic (exact) mass is 498 g/mol. The van der Waals surface area contributed by atoms with Gasteiger partial charge in [0.2, 0.25) is 5.91 Å². The van der Waals surface area contributed by atoms with Crippen LogP contribution in [0.4, 0.5) is 0 Å². The van der Waals surface area contributed by atoms with E-state index in [1.165, 1.54) is 11.1 Å². The number of thioether (sulfide) groups is 1. The van der Waals surface area contributed by atoms with Gasteiger partial charge in [0.15, 0.2) is 5.16 Å². The summed E-state index contributed by atoms with van der Waals surface area (Å²) in [5, 5.41) is 12.9. The lowest BCUT2D eigenvalue weighted by molar-refractivity contribution is -0.121. The van der Waals surface area contributed by atoms with Crippen molar-refractivity contribution in [3.8, 4) is 5.69 Å². The second kappa shape index (κ2) is 16.3. The van der Waals surface area contributed by atoms with E-state index >= 15 is 0 Å². The number of ether oxygens (including phenoxy) is 1. The molecule has 6 nitrogen and oxygen atoms in total. The fourth-order valence-corrected chi connectivity index (χ4v) is 4.59. The van der Waals surface area contributed by atoms with Gasteiger partial charge in [-0.2, -0.15) is 0 Å². The molecule has 192 valence electrons. The number of aromatic nitrogens is 3. The zero-order chi connectivity index (χ0) is 25.5. The standard InChI is InChI=1S/C28H42N4O2S/c1-6-13-22(3)18-19-23(4)21-35-28-31-30-26(32(28)24-14-9-8-10-15-24)16-11-12-17-27(33)29-20-25(7-2)34-5/h8-10,13-15,19,25H,6-7,11-12,16-18,20-21H2,1-5H3,(H,29,33)/b22-13-,23-19+. The largest absolute Gasteiger partial charge is 0.380 e. The predicted octanol–water partition coefficient (Wildman–Crippen LogP) is 6.31. The lowest BCUT2D eigenvalue weighted by Crippen LogP contribution is -2.32. The maximum Gasteiger partial charge on any atom is 0.220 e. The molecule has 0 spiro atoms. The van der Waals surface area contributed by atoms with Crippen LogP contribution in [-0.2, 0) is 16.0 Å². The molecule has 1 atom stereocenters. The summed E-state index contributed by atoms with van der Waals surface area (Å²) in [6.45, 7) is 9.15. The summed E-state index contributed by atoms with van der Waals surface area (Å²) < 4.78 is 7.48. The number of methoxy groups -OCH3 is 1. The molecule has 1 unspecified atom stereocenters. The van der Waals surface area contributed by atoms with E-state index in [2.05, 4.69) is 72.1 Å². The molecule has 0 saturated carbocycles. The molecule has 7 heteroatoms. The van der Waals surface area contributed by atoms with Crippen LogP contribution in [0.5, 0.6) is 0 Å². The van der Waals surface area contributed by atoms with Crippen LogP contribution in [0, 0.1) is 0 Å². The molecule has 1 aromatic carbocycles. The molecule has 0 saturated heterocycles. The Morgan fingerprint density at radius 2 is 1.89 bits per heavy atom. The van der Waals surface area contributed by atoms with Crippen molar-refractivity contribution in [3.05, 3.63) is 59.5 Å². The van der Waals surface area contributed by atoms with Crippen molar-refractivity contribution in [2.45, 2.75) is 83.9 Å². The minimum absolute atomic E-state index is 0.0764. The lowest BCUT2D eigenvalue weighted by Gasteiger charge is -2.13. The Bertz CT molecular complexity index is 949. The molecule has 0 aliphatic rings. The van der Waals surface area contributed by atoms with Gasteiger partial charge >= 0.3 is 0 Å². The van der Waals surface area contributed by atoms with Crippen molar-refractivity contribution in [2.24, 2.45) is 0 Å². The van der Waals surface area contributed by atoms with Crippen LogP contribution >= 0.6 is 11.8 Å². The summed E-state index contributed by atoms with van der Waals surface area (Å²) in [4.78, 5) is 12.2. The molecule has 1 aromatic heterocycles. The van der Waals surface area contributed by atoms with Crippen LogP contribution in [0.3, 0.4) is 0 Å². The minimum Gasteiger partial charge on any atom is -0.380 e. The number of benzene rings is 1. The van der Waals surface area contributed by atoms with Gasteiger partial charge in [0.25, 0.3) is 0 Å². The van der Waals surface area contributed by atoms with Crippen molar-refractivity contribution in [1.82, 2.24) is 20.1 Å². The van der Waals surface area contributed by atoms with Crippen molar-refractivity contribution < 1.29 is 9.53 Å². The van der Waals surface area contributed by atoms with Gasteiger partial charge in [-0.3, -0.25) is 9.36 Å². The summed E-state index contributed by atoms with van der Waals surface area (Å²) in [5.74, 6) is 1.89. The Balaban J connectivity index is 1.96. The van der Waals surface area contributed by atoms with Gasteiger partial charge in [0.1, 0.15) is 5.82 Å². The third-order valence-electron chi connectivity index (χ3n) is 5.84. The molecule has 0 aliphatic heterocycles. The normalized spacial score (nSPS) is 13.2. The van der Waals surface area contributed by atoms with Crippen molar-refractivity contribution in [1.29, 1.82) is 0 Å². The van der Waals surface area contributed by atoms with Crippen LogP contribution in [0.1, 0.15) is 72.0 Å². The Morgan fingerprint density at radius 1 is 1.11 bits per heavy atom. The highest BCUT2D eigenvalue weighted by Crippen LogP contribution is 2.25. The number of allylic oxidation sites excluding steroid dienone is 3. The van der Waals surface area contributed by atoms with Gasteiger partial charge in [-0.05, 0) is 58.1 Å². The first-order chi connectivity index (χ1) is 17.0. The smallest absolute Gasteiger partial charge is 0.220 e. The van der Waals surface area contributed by atoms with E-state index in [9.17, 15) is 4.79 Å². The first-order valence-corrected chi connectivity index (χ1v) is 13.7. The molecule has 0 fully saturated rings. The zero-order valence-corrected chi connectivity index (χ0v) is 22.9. The van der Waals surface area contributed by atoms with Crippen LogP contribution in [0.25, 0.3) is 5.69 Å². The molecule has 35 heavy (non-hydrogen) atoms. The number of carbonyl (C=O) groups is 1. The predicted molar refractivity (Wildman–Crippen MR) is 146 cm³/mol. The number of nitrogens with one attached hydrogen (secondary N) is 1. The number of carbonyl (C=O) groups excluding carboxylic acids is 1. The SMILES string of the molecule is CC/C=C(/C)C/C=C(\C)CSc1nnc(CCCCC(=O)NCC(CC)OC)n1-c1ccccc1. The summed E-state index contributed by atoms with van der Waals surface area (Å²) in [7, 11) is 1.68. The molecule has 0 bridgehead atoms. The molecule has 2 rings (SSSR count). The average Bonchev–Trinajstić information content (AvgIpc) is 3.28. The number of unbranched alkanes of at least 4 members (excludes halogenated alkanes) is 1. The highest BCUT2D eigenvalue weighted by molar-refractivity contribution is 7.99. The van der Waals surface area contributed by atoms with Crippen LogP contribution in [0.15, 0.2) is 58.8 Å². The summed E-state index contributed by atoms with van der Waals surface area (Å²) >= 11 is 1.72. The van der Waals surface area contributed by atoms with Crippen LogP contribution < -0.4 is 5.32 Å². The first kappa shape index (κ1) is 28.9. The molecule has 2 aromatic rings. The van der Waals surface area contributed by atoms with Crippen molar-refractivity contribution in [2.75, 3.05) is 19.4 Å². The van der Waals surface area contributed by atoms with Gasteiger partial charge in [-0.1, -0.05) is 67.1 Å². The number of aryl methyl sites for hydroxylation is 1. The number of para-hydroxylation sites is 1. The third-order valence-corrected chi connectivity index (χ3v) is 6.96. The van der Waals surface area contributed by atoms with Crippen LogP contribution in [-0.4, -0.2) is 46.2 Å². The van der Waals surface area contributed by atoms with Gasteiger partial charge < -0.3 is 10.1 Å². The molecule has 0 radical (unpaired) electrons. The van der Waals surface area contributed by atoms with Gasteiger partial charge in [0.05, 0.1) is 6.10 Å². The lowest BCUT2D eigenvalue weighted by atomic mass is 10.1. The highest BCUT2D eigenvalue weighted by atomic mass is 32.2. The van der Waals surface area contributed by atoms with Crippen molar-refractivity contribution >= 4 is 17.7 Å². The van der Waals surface area contributed by atoms with Gasteiger partial charge in [-0.15, -0.1) is 10.2 Å². The topological polar surface area (TPSA) is 69.0 Å². The fourth-order valence-electron chi connectivity index (χ4n) is 3.68. The average molecular weight is 499 g/mol. The molecule has 0 aliphatic carbocycles. The van der Waals surface area contributed by atoms with E-state index < -0.39 is 0 Å². The van der Waals surface area contributed by atoms with Gasteiger partial charge in [0, 0.05) is 37.9 Å². The number of hydrogen-bond donors (Lipinski definition) is 1. The van der Waals surface area contributed by atoms with Gasteiger partial charge in [-0.25, -0.2) is 0 Å². The first-order valence-electron chi connectivity index (χ1n) is 12.7. The highest BCUT2D eigenvalue weighted by Gasteiger charge is 2.15. The van der Waals surface area contributed by atoms with E-state index in [1.807, 2.05) is 18.2 Å². The van der Waals surface area contributed by atoms with E-state index in [1.54, 1.807) is 18.9 Å². The maximum absolute atomic E-state index is 12.2. The van der Waals surface area contributed by atoms with E-state index in [-0.39, 0.29) is 12.0 Å². The molecule has 1 heterocycles. The Morgan fingerprint density at radius 3 is 2.57 bits per heavy atom. The Labute approximate surface area is 215 Å². The second-order valence-corrected chi connectivity index (χ2v) is 9.79. The molecule has 1 N–H and O–H groups in total. The fraction of sp³-hybridized carbons (Fsp3) is 0.536. The number of nitrogens with zero attached hydrogens (tertiary/aromatic N) is 3. The molecular weight excluding hydrogens is 456 g/mol. The van der Waals surface area contributed by atoms with E-state index in [0.29, 0.717) is 13.0 Å². The quantitative estimate of drug-likeness (QED) is 0.167. The second-order valence-electron chi connectivity index (χ2n) is 8.85. The summed E-state index contributed by atoms with van der Waals surface area (Å²) in [5.41, 5.74) is 3.82. The maximum atomic E-state index is 12.2. The Kier molecular flexibility index (Phi) is 13.5. The van der Waals surface area contributed by atoms with Crippen LogP contribution in [0.2, 0.25) is 0 Å². The summed E-state index contributed by atoms with van der Waals surface area (Å²) in [6, 6.07) is 10.3. The molecule has 1 amide bonds. The third kappa shape index (κ3) is 10.4. The molecular formula is C28H42N4O2S. The van der Waals surface area contributed by atoms with E-state index in [0.717, 1.165) is 60.9 Å². The number of hydrogen-bond acceptors (Lipinski definition) is 5. The zero-order valence-electron chi connectivity index (χ0n) is 22.0. The van der Waals surface area contributed by atoms with E-state index in [4.69, 9.17) is 4.74 Å². The number of rotatable bonds is 16. The Hall–Kier alpha value is -2.38.